The molecule has 1 N–H and O–H groups in total. The van der Waals surface area contributed by atoms with Gasteiger partial charge < -0.3 is 5.32 Å². The Balaban J connectivity index is 1.39. The van der Waals surface area contributed by atoms with E-state index in [9.17, 15) is 14.4 Å². The van der Waals surface area contributed by atoms with Crippen molar-refractivity contribution in [2.75, 3.05) is 11.9 Å². The molecule has 1 saturated heterocycles. The van der Waals surface area contributed by atoms with Gasteiger partial charge in [0, 0.05) is 23.1 Å². The van der Waals surface area contributed by atoms with Crippen molar-refractivity contribution in [3.8, 4) is 0 Å². The zero-order valence-corrected chi connectivity index (χ0v) is 16.8. The number of nitrogens with one attached hydrogen (secondary N) is 1. The minimum atomic E-state index is -0.230. The highest BCUT2D eigenvalue weighted by atomic mass is 79.9. The molecule has 2 saturated carbocycles. The summed E-state index contributed by atoms with van der Waals surface area (Å²) in [6.07, 6.45) is 3.23. The van der Waals surface area contributed by atoms with Crippen molar-refractivity contribution >= 4 is 50.9 Å². The number of amides is 3. The first-order chi connectivity index (χ1) is 12.4. The third-order valence-electron chi connectivity index (χ3n) is 6.19. The standard InChI is InChI=1S/C19H20BrClN2O3/c1-9-13(5-4-12(20)17(9)21)22-14(24)6-7-23-18(25)15-10-2-3-11(8-10)16(15)19(23)26/h4-5,10-11,15-16H,2-3,6-8H2,1H3,(H,22,24)/t10-,11-,15+,16+/m0/s1. The maximum atomic E-state index is 12.6. The molecule has 0 unspecified atom stereocenters. The Kier molecular flexibility index (Phi) is 4.59. The fourth-order valence-corrected chi connectivity index (χ4v) is 5.50. The first kappa shape index (κ1) is 18.0. The number of rotatable bonds is 4. The Bertz CT molecular complexity index is 784. The second-order valence-corrected chi connectivity index (χ2v) is 8.78. The summed E-state index contributed by atoms with van der Waals surface area (Å²) in [7, 11) is 0. The maximum absolute atomic E-state index is 12.6. The molecule has 3 amide bonds. The molecule has 1 heterocycles. The van der Waals surface area contributed by atoms with E-state index in [1.54, 1.807) is 12.1 Å². The maximum Gasteiger partial charge on any atom is 0.233 e. The molecular weight excluding hydrogens is 420 g/mol. The molecule has 4 rings (SSSR count). The lowest BCUT2D eigenvalue weighted by molar-refractivity contribution is -0.140. The van der Waals surface area contributed by atoms with Gasteiger partial charge in [0.1, 0.15) is 0 Å². The third kappa shape index (κ3) is 2.78. The van der Waals surface area contributed by atoms with Crippen LogP contribution in [0.15, 0.2) is 16.6 Å². The minimum Gasteiger partial charge on any atom is -0.326 e. The van der Waals surface area contributed by atoms with E-state index in [4.69, 9.17) is 11.6 Å². The first-order valence-corrected chi connectivity index (χ1v) is 10.1. The lowest BCUT2D eigenvalue weighted by Crippen LogP contribution is -2.35. The Morgan fingerprint density at radius 3 is 2.46 bits per heavy atom. The van der Waals surface area contributed by atoms with Crippen molar-refractivity contribution in [1.82, 2.24) is 4.90 Å². The van der Waals surface area contributed by atoms with Crippen LogP contribution in [0.3, 0.4) is 0 Å². The molecule has 3 fully saturated rings. The van der Waals surface area contributed by atoms with E-state index in [-0.39, 0.29) is 42.5 Å². The molecule has 1 aromatic rings. The third-order valence-corrected chi connectivity index (χ3v) is 7.57. The molecule has 7 heteroatoms. The second-order valence-electron chi connectivity index (χ2n) is 7.54. The van der Waals surface area contributed by atoms with Gasteiger partial charge in [0.05, 0.1) is 16.9 Å². The first-order valence-electron chi connectivity index (χ1n) is 8.98. The summed E-state index contributed by atoms with van der Waals surface area (Å²) >= 11 is 9.52. The number of halogens is 2. The van der Waals surface area contributed by atoms with Crippen LogP contribution >= 0.6 is 27.5 Å². The zero-order chi connectivity index (χ0) is 18.6. The quantitative estimate of drug-likeness (QED) is 0.726. The van der Waals surface area contributed by atoms with Crippen molar-refractivity contribution in [1.29, 1.82) is 0 Å². The number of hydrogen-bond acceptors (Lipinski definition) is 3. The molecule has 1 aromatic carbocycles. The van der Waals surface area contributed by atoms with Crippen LogP contribution in [0.2, 0.25) is 5.02 Å². The van der Waals surface area contributed by atoms with Crippen LogP contribution in [-0.2, 0) is 14.4 Å². The number of anilines is 1. The SMILES string of the molecule is Cc1c(NC(=O)CCN2C(=O)[C@@H]3[C@H]4CC[C@@H](C4)[C@H]3C2=O)ccc(Br)c1Cl. The van der Waals surface area contributed by atoms with E-state index < -0.39 is 0 Å². The van der Waals surface area contributed by atoms with Gasteiger partial charge in [0.15, 0.2) is 0 Å². The molecule has 0 radical (unpaired) electrons. The molecule has 5 nitrogen and oxygen atoms in total. The lowest BCUT2D eigenvalue weighted by Gasteiger charge is -2.19. The number of fused-ring (bicyclic) bond motifs is 5. The van der Waals surface area contributed by atoms with E-state index in [1.165, 1.54) is 4.90 Å². The highest BCUT2D eigenvalue weighted by Gasteiger charge is 2.60. The molecule has 3 aliphatic rings. The summed E-state index contributed by atoms with van der Waals surface area (Å²) < 4.78 is 0.768. The average Bonchev–Trinajstić information content (AvgIpc) is 3.28. The van der Waals surface area contributed by atoms with Crippen LogP contribution in [0.25, 0.3) is 0 Å². The van der Waals surface area contributed by atoms with Gasteiger partial charge in [-0.1, -0.05) is 11.6 Å². The fraction of sp³-hybridized carbons (Fsp3) is 0.526. The molecule has 0 spiro atoms. The topological polar surface area (TPSA) is 66.5 Å². The van der Waals surface area contributed by atoms with Crippen LogP contribution in [0.1, 0.15) is 31.2 Å². The number of benzene rings is 1. The summed E-state index contributed by atoms with van der Waals surface area (Å²) in [5, 5.41) is 3.37. The normalized spacial score (nSPS) is 29.4. The highest BCUT2D eigenvalue weighted by molar-refractivity contribution is 9.10. The molecule has 26 heavy (non-hydrogen) atoms. The number of nitrogens with zero attached hydrogens (tertiary/aromatic N) is 1. The van der Waals surface area contributed by atoms with E-state index in [1.807, 2.05) is 6.92 Å². The largest absolute Gasteiger partial charge is 0.326 e. The van der Waals surface area contributed by atoms with Crippen molar-refractivity contribution in [2.24, 2.45) is 23.7 Å². The second kappa shape index (κ2) is 6.64. The molecule has 1 aliphatic heterocycles. The van der Waals surface area contributed by atoms with E-state index in [2.05, 4.69) is 21.2 Å². The summed E-state index contributed by atoms with van der Waals surface area (Å²) in [5.41, 5.74) is 1.41. The Hall–Kier alpha value is -1.40. The van der Waals surface area contributed by atoms with Gasteiger partial charge in [-0.2, -0.15) is 0 Å². The monoisotopic (exact) mass is 438 g/mol. The number of likely N-dealkylation sites (tertiary alicyclic amines) is 1. The summed E-state index contributed by atoms with van der Waals surface area (Å²) in [5.74, 6) is 0.118. The molecule has 0 aromatic heterocycles. The highest BCUT2D eigenvalue weighted by Crippen LogP contribution is 2.56. The number of carbonyl (C=O) groups is 3. The van der Waals surface area contributed by atoms with Crippen LogP contribution in [-0.4, -0.2) is 29.2 Å². The van der Waals surface area contributed by atoms with E-state index >= 15 is 0 Å². The summed E-state index contributed by atoms with van der Waals surface area (Å²) in [6, 6.07) is 3.55. The van der Waals surface area contributed by atoms with Gasteiger partial charge in [-0.15, -0.1) is 0 Å². The minimum absolute atomic E-state index is 0.0668. The lowest BCUT2D eigenvalue weighted by atomic mass is 9.81. The van der Waals surface area contributed by atoms with Gasteiger partial charge in [-0.3, -0.25) is 19.3 Å². The summed E-state index contributed by atoms with van der Waals surface area (Å²) in [4.78, 5) is 38.9. The van der Waals surface area contributed by atoms with Gasteiger partial charge in [-0.05, 0) is 71.6 Å². The molecule has 2 bridgehead atoms. The molecule has 138 valence electrons. The van der Waals surface area contributed by atoms with Crippen molar-refractivity contribution in [3.63, 3.8) is 0 Å². The zero-order valence-electron chi connectivity index (χ0n) is 14.4. The molecule has 2 aliphatic carbocycles. The average molecular weight is 440 g/mol. The van der Waals surface area contributed by atoms with Crippen LogP contribution in [0.4, 0.5) is 5.69 Å². The number of hydrogen-bond donors (Lipinski definition) is 1. The predicted octanol–water partition coefficient (Wildman–Crippen LogP) is 3.77. The van der Waals surface area contributed by atoms with Gasteiger partial charge >= 0.3 is 0 Å². The Labute approximate surface area is 165 Å². The fourth-order valence-electron chi connectivity index (χ4n) is 4.90. The predicted molar refractivity (Wildman–Crippen MR) is 102 cm³/mol. The Morgan fingerprint density at radius 1 is 1.23 bits per heavy atom. The van der Waals surface area contributed by atoms with Crippen molar-refractivity contribution in [2.45, 2.75) is 32.6 Å². The smallest absolute Gasteiger partial charge is 0.233 e. The van der Waals surface area contributed by atoms with Crippen molar-refractivity contribution in [3.05, 3.63) is 27.2 Å². The van der Waals surface area contributed by atoms with Crippen LogP contribution in [0, 0.1) is 30.6 Å². The van der Waals surface area contributed by atoms with Crippen LogP contribution < -0.4 is 5.32 Å². The van der Waals surface area contributed by atoms with Crippen molar-refractivity contribution < 1.29 is 14.4 Å². The van der Waals surface area contributed by atoms with Gasteiger partial charge in [-0.25, -0.2) is 0 Å². The number of imide groups is 1. The van der Waals surface area contributed by atoms with Gasteiger partial charge in [0.25, 0.3) is 0 Å². The van der Waals surface area contributed by atoms with Crippen LogP contribution in [0.5, 0.6) is 0 Å². The molecular formula is C19H20BrClN2O3. The van der Waals surface area contributed by atoms with Gasteiger partial charge in [0.2, 0.25) is 17.7 Å². The molecule has 4 atom stereocenters. The van der Waals surface area contributed by atoms with E-state index in [0.717, 1.165) is 29.3 Å². The summed E-state index contributed by atoms with van der Waals surface area (Å²) in [6.45, 7) is 1.98. The Morgan fingerprint density at radius 2 is 1.85 bits per heavy atom. The van der Waals surface area contributed by atoms with E-state index in [0.29, 0.717) is 22.5 Å². The number of carbonyl (C=O) groups excluding carboxylic acids is 3.